The van der Waals surface area contributed by atoms with Gasteiger partial charge in [0.2, 0.25) is 0 Å². The van der Waals surface area contributed by atoms with Crippen LogP contribution in [0.15, 0.2) is 42.5 Å². The second kappa shape index (κ2) is 5.36. The maximum atomic E-state index is 12.2. The van der Waals surface area contributed by atoms with Gasteiger partial charge in [-0.2, -0.15) is 0 Å². The van der Waals surface area contributed by atoms with Gasteiger partial charge in [-0.05, 0) is 42.7 Å². The molecule has 0 atom stereocenters. The maximum Gasteiger partial charge on any atom is 0.167 e. The van der Waals surface area contributed by atoms with E-state index < -0.39 is 0 Å². The van der Waals surface area contributed by atoms with E-state index in [0.717, 1.165) is 16.7 Å². The summed E-state index contributed by atoms with van der Waals surface area (Å²) in [5.74, 6) is 0.103. The molecule has 0 spiro atoms. The monoisotopic (exact) mass is 258 g/mol. The zero-order chi connectivity index (χ0) is 13.1. The van der Waals surface area contributed by atoms with Crippen LogP contribution in [0.3, 0.4) is 0 Å². The number of benzene rings is 2. The summed E-state index contributed by atoms with van der Waals surface area (Å²) in [5, 5.41) is 0.648. The molecule has 0 aliphatic rings. The molecule has 0 saturated heterocycles. The smallest absolute Gasteiger partial charge is 0.167 e. The molecule has 0 N–H and O–H groups in total. The molecule has 0 radical (unpaired) electrons. The van der Waals surface area contributed by atoms with Crippen molar-refractivity contribution in [1.82, 2.24) is 0 Å². The van der Waals surface area contributed by atoms with Crippen molar-refractivity contribution in [2.45, 2.75) is 20.3 Å². The Morgan fingerprint density at radius 3 is 2.44 bits per heavy atom. The molecule has 2 aromatic carbocycles. The predicted molar refractivity (Wildman–Crippen MR) is 75.4 cm³/mol. The second-order valence-corrected chi connectivity index (χ2v) is 4.90. The average Bonchev–Trinajstić information content (AvgIpc) is 2.35. The molecule has 18 heavy (non-hydrogen) atoms. The third-order valence-electron chi connectivity index (χ3n) is 3.14. The highest BCUT2D eigenvalue weighted by atomic mass is 35.5. The van der Waals surface area contributed by atoms with E-state index in [1.165, 1.54) is 5.56 Å². The summed E-state index contributed by atoms with van der Waals surface area (Å²) in [7, 11) is 0. The number of carbonyl (C=O) groups is 1. The number of aryl methyl sites for hydroxylation is 2. The maximum absolute atomic E-state index is 12.2. The quantitative estimate of drug-likeness (QED) is 0.747. The molecule has 2 rings (SSSR count). The van der Waals surface area contributed by atoms with Crippen molar-refractivity contribution in [1.29, 1.82) is 0 Å². The van der Waals surface area contributed by atoms with Crippen LogP contribution in [0.1, 0.15) is 27.0 Å². The van der Waals surface area contributed by atoms with Crippen molar-refractivity contribution in [3.8, 4) is 0 Å². The summed E-state index contributed by atoms with van der Waals surface area (Å²) in [6.45, 7) is 4.05. The van der Waals surface area contributed by atoms with E-state index in [4.69, 9.17) is 11.6 Å². The molecular formula is C16H15ClO. The minimum absolute atomic E-state index is 0.103. The molecule has 0 aliphatic carbocycles. The fourth-order valence-electron chi connectivity index (χ4n) is 1.83. The van der Waals surface area contributed by atoms with Crippen molar-refractivity contribution >= 4 is 17.4 Å². The molecule has 1 nitrogen and oxygen atoms in total. The van der Waals surface area contributed by atoms with Crippen LogP contribution in [-0.4, -0.2) is 5.78 Å². The van der Waals surface area contributed by atoms with Gasteiger partial charge in [-0.25, -0.2) is 0 Å². The van der Waals surface area contributed by atoms with Gasteiger partial charge in [-0.15, -0.1) is 0 Å². The summed E-state index contributed by atoms with van der Waals surface area (Å²) >= 11 is 6.06. The topological polar surface area (TPSA) is 17.1 Å². The van der Waals surface area contributed by atoms with E-state index in [9.17, 15) is 4.79 Å². The number of hydrogen-bond donors (Lipinski definition) is 0. The highest BCUT2D eigenvalue weighted by Gasteiger charge is 2.09. The third kappa shape index (κ3) is 2.80. The first-order valence-electron chi connectivity index (χ1n) is 5.92. The Labute approximate surface area is 112 Å². The Hall–Kier alpha value is -1.60. The second-order valence-electron chi connectivity index (χ2n) is 4.49. The highest BCUT2D eigenvalue weighted by Crippen LogP contribution is 2.18. The van der Waals surface area contributed by atoms with Crippen LogP contribution < -0.4 is 0 Å². The molecule has 0 amide bonds. The van der Waals surface area contributed by atoms with Crippen molar-refractivity contribution in [2.75, 3.05) is 0 Å². The van der Waals surface area contributed by atoms with E-state index in [1.807, 2.05) is 56.3 Å². The normalized spacial score (nSPS) is 10.4. The van der Waals surface area contributed by atoms with Crippen LogP contribution in [0.25, 0.3) is 0 Å². The van der Waals surface area contributed by atoms with Crippen LogP contribution in [0.5, 0.6) is 0 Å². The molecule has 0 aliphatic heterocycles. The van der Waals surface area contributed by atoms with Crippen LogP contribution in [-0.2, 0) is 6.42 Å². The van der Waals surface area contributed by atoms with Crippen molar-refractivity contribution in [3.63, 3.8) is 0 Å². The van der Waals surface area contributed by atoms with Crippen LogP contribution in [0, 0.1) is 13.8 Å². The van der Waals surface area contributed by atoms with Crippen molar-refractivity contribution < 1.29 is 4.79 Å². The minimum atomic E-state index is 0.103. The first kappa shape index (κ1) is 12.8. The largest absolute Gasteiger partial charge is 0.294 e. The van der Waals surface area contributed by atoms with Gasteiger partial charge in [0, 0.05) is 17.0 Å². The lowest BCUT2D eigenvalue weighted by molar-refractivity contribution is 0.0993. The molecule has 2 heteroatoms. The van der Waals surface area contributed by atoms with Gasteiger partial charge in [-0.1, -0.05) is 41.9 Å². The van der Waals surface area contributed by atoms with E-state index in [1.54, 1.807) is 0 Å². The number of halogens is 1. The molecule has 0 aromatic heterocycles. The minimum Gasteiger partial charge on any atom is -0.294 e. The van der Waals surface area contributed by atoms with Crippen LogP contribution in [0.2, 0.25) is 5.02 Å². The molecule has 0 heterocycles. The lowest BCUT2D eigenvalue weighted by Gasteiger charge is -2.06. The number of rotatable bonds is 3. The molecule has 92 valence electrons. The first-order valence-corrected chi connectivity index (χ1v) is 6.29. The molecule has 2 aromatic rings. The SMILES string of the molecule is Cc1ccc(C(=O)Cc2ccccc2Cl)cc1C. The molecular weight excluding hydrogens is 244 g/mol. The zero-order valence-electron chi connectivity index (χ0n) is 10.5. The molecule has 0 saturated carbocycles. The summed E-state index contributed by atoms with van der Waals surface area (Å²) in [6, 6.07) is 13.3. The van der Waals surface area contributed by atoms with Gasteiger partial charge in [0.05, 0.1) is 0 Å². The molecule has 0 fully saturated rings. The Balaban J connectivity index is 2.22. The summed E-state index contributed by atoms with van der Waals surface area (Å²) in [6.07, 6.45) is 0.349. The Morgan fingerprint density at radius 2 is 1.78 bits per heavy atom. The number of ketones is 1. The summed E-state index contributed by atoms with van der Waals surface area (Å²) in [4.78, 5) is 12.2. The summed E-state index contributed by atoms with van der Waals surface area (Å²) in [5.41, 5.74) is 3.96. The third-order valence-corrected chi connectivity index (χ3v) is 3.51. The lowest BCUT2D eigenvalue weighted by atomic mass is 9.99. The Morgan fingerprint density at radius 1 is 1.06 bits per heavy atom. The van der Waals surface area contributed by atoms with E-state index in [0.29, 0.717) is 11.4 Å². The highest BCUT2D eigenvalue weighted by molar-refractivity contribution is 6.31. The van der Waals surface area contributed by atoms with E-state index in [-0.39, 0.29) is 5.78 Å². The van der Waals surface area contributed by atoms with E-state index in [2.05, 4.69) is 0 Å². The molecule has 0 unspecified atom stereocenters. The molecule has 0 bridgehead atoms. The van der Waals surface area contributed by atoms with Crippen LogP contribution in [0.4, 0.5) is 0 Å². The van der Waals surface area contributed by atoms with Gasteiger partial charge < -0.3 is 0 Å². The van der Waals surface area contributed by atoms with Gasteiger partial charge in [0.25, 0.3) is 0 Å². The summed E-state index contributed by atoms with van der Waals surface area (Å²) < 4.78 is 0. The average molecular weight is 259 g/mol. The Bertz CT molecular complexity index is 587. The van der Waals surface area contributed by atoms with Crippen LogP contribution >= 0.6 is 11.6 Å². The fourth-order valence-corrected chi connectivity index (χ4v) is 2.03. The van der Waals surface area contributed by atoms with Gasteiger partial charge in [-0.3, -0.25) is 4.79 Å². The number of hydrogen-bond acceptors (Lipinski definition) is 1. The van der Waals surface area contributed by atoms with Gasteiger partial charge in [0.15, 0.2) is 5.78 Å². The lowest BCUT2D eigenvalue weighted by Crippen LogP contribution is -2.04. The Kier molecular flexibility index (Phi) is 3.83. The fraction of sp³-hybridized carbons (Fsp3) is 0.188. The van der Waals surface area contributed by atoms with Gasteiger partial charge >= 0.3 is 0 Å². The zero-order valence-corrected chi connectivity index (χ0v) is 11.3. The number of Topliss-reactive ketones (excluding diaryl/α,β-unsaturated/α-hetero) is 1. The van der Waals surface area contributed by atoms with E-state index >= 15 is 0 Å². The van der Waals surface area contributed by atoms with Crippen molar-refractivity contribution in [3.05, 3.63) is 69.7 Å². The van der Waals surface area contributed by atoms with Crippen molar-refractivity contribution in [2.24, 2.45) is 0 Å². The van der Waals surface area contributed by atoms with Gasteiger partial charge in [0.1, 0.15) is 0 Å². The number of carbonyl (C=O) groups excluding carboxylic acids is 1. The first-order chi connectivity index (χ1) is 8.58. The predicted octanol–water partition coefficient (Wildman–Crippen LogP) is 4.38. The standard InChI is InChI=1S/C16H15ClO/c1-11-7-8-14(9-12(11)2)16(18)10-13-5-3-4-6-15(13)17/h3-9H,10H2,1-2H3.